The molecule has 2 amide bonds. The van der Waals surface area contributed by atoms with Gasteiger partial charge in [-0.2, -0.15) is 0 Å². The normalized spacial score (nSPS) is 20.9. The average Bonchev–Trinajstić information content (AvgIpc) is 3.70. The number of likely N-dealkylation sites (tertiary alicyclic amines) is 1. The number of aliphatic hydroxyl groups is 1. The maximum atomic E-state index is 13.6. The van der Waals surface area contributed by atoms with Crippen LogP contribution >= 0.6 is 0 Å². The Labute approximate surface area is 251 Å². The summed E-state index contributed by atoms with van der Waals surface area (Å²) < 4.78 is 16.7. The number of carbonyl (C=O) groups excluding carboxylic acids is 2. The summed E-state index contributed by atoms with van der Waals surface area (Å²) in [5.41, 5.74) is 2.55. The number of ether oxygens (including phenoxy) is 3. The van der Waals surface area contributed by atoms with Crippen LogP contribution in [0.5, 0.6) is 17.2 Å². The molecule has 0 radical (unpaired) electrons. The van der Waals surface area contributed by atoms with E-state index in [0.29, 0.717) is 62.7 Å². The number of carboxylic acid groups (broad SMARTS) is 1. The SMILES string of the molecule is CCCCN(CCCO)C(=O)CN1C[C@H](c2cc(OC)c3c(c2)OCO3)[C@@H](C(=O)O)[C@@H]1CCN1C(=O)Cc2ccccc21. The Kier molecular flexibility index (Phi) is 9.72. The van der Waals surface area contributed by atoms with E-state index in [-0.39, 0.29) is 31.8 Å². The number of aliphatic carboxylic acids is 1. The van der Waals surface area contributed by atoms with Crippen LogP contribution in [0.4, 0.5) is 5.69 Å². The van der Waals surface area contributed by atoms with Crippen molar-refractivity contribution in [3.63, 3.8) is 0 Å². The molecule has 11 heteroatoms. The first kappa shape index (κ1) is 30.6. The van der Waals surface area contributed by atoms with E-state index in [0.717, 1.165) is 29.7 Å². The number of amides is 2. The van der Waals surface area contributed by atoms with E-state index < -0.39 is 23.8 Å². The number of methoxy groups -OCH3 is 1. The molecule has 3 heterocycles. The van der Waals surface area contributed by atoms with Crippen LogP contribution in [0.3, 0.4) is 0 Å². The highest BCUT2D eigenvalue weighted by Crippen LogP contribution is 2.47. The van der Waals surface area contributed by atoms with Gasteiger partial charge in [-0.1, -0.05) is 31.5 Å². The lowest BCUT2D eigenvalue weighted by Crippen LogP contribution is -2.46. The molecule has 232 valence electrons. The maximum absolute atomic E-state index is 13.6. The van der Waals surface area contributed by atoms with Gasteiger partial charge in [-0.25, -0.2) is 0 Å². The zero-order chi connectivity index (χ0) is 30.5. The van der Waals surface area contributed by atoms with Crippen molar-refractivity contribution in [3.05, 3.63) is 47.5 Å². The molecule has 0 saturated carbocycles. The molecule has 0 aliphatic carbocycles. The van der Waals surface area contributed by atoms with Gasteiger partial charge in [-0.15, -0.1) is 0 Å². The second-order valence-electron chi connectivity index (χ2n) is 11.4. The van der Waals surface area contributed by atoms with Crippen LogP contribution in [-0.4, -0.2) is 97.1 Å². The standard InChI is InChI=1S/C32H41N3O8/c1-3-4-11-33(12-7-14-36)29(38)19-34-18-23(22-15-26(41-2)31-27(16-22)42-20-43-31)30(32(39)40)25(34)10-13-35-24-9-6-5-8-21(24)17-28(35)37/h5-6,8-9,15-16,23,25,30,36H,3-4,7,10-14,17-20H2,1-2H3,(H,39,40)/t23-,25+,30-/m1/s1. The highest BCUT2D eigenvalue weighted by Gasteiger charge is 2.48. The lowest BCUT2D eigenvalue weighted by molar-refractivity contribution is -0.143. The van der Waals surface area contributed by atoms with Crippen LogP contribution in [0.1, 0.15) is 49.7 Å². The van der Waals surface area contributed by atoms with Crippen molar-refractivity contribution in [2.45, 2.75) is 51.0 Å². The monoisotopic (exact) mass is 595 g/mol. The molecule has 0 bridgehead atoms. The fourth-order valence-electron chi connectivity index (χ4n) is 6.62. The van der Waals surface area contributed by atoms with Gasteiger partial charge in [0, 0.05) is 50.4 Å². The molecule has 3 atom stereocenters. The number of para-hydroxylation sites is 1. The summed E-state index contributed by atoms with van der Waals surface area (Å²) in [6.07, 6.45) is 2.95. The Morgan fingerprint density at radius 2 is 1.93 bits per heavy atom. The molecule has 0 unspecified atom stereocenters. The van der Waals surface area contributed by atoms with E-state index >= 15 is 0 Å². The summed E-state index contributed by atoms with van der Waals surface area (Å²) in [5.74, 6) is -0.913. The fraction of sp³-hybridized carbons (Fsp3) is 0.531. The minimum atomic E-state index is -0.960. The van der Waals surface area contributed by atoms with E-state index in [2.05, 4.69) is 6.92 Å². The molecule has 2 aromatic rings. The van der Waals surface area contributed by atoms with Crippen molar-refractivity contribution >= 4 is 23.5 Å². The molecular formula is C32H41N3O8. The number of hydrogen-bond donors (Lipinski definition) is 2. The van der Waals surface area contributed by atoms with Gasteiger partial charge in [0.2, 0.25) is 24.4 Å². The number of rotatable bonds is 14. The van der Waals surface area contributed by atoms with Crippen LogP contribution in [0.25, 0.3) is 0 Å². The van der Waals surface area contributed by atoms with E-state index in [1.165, 1.54) is 7.11 Å². The zero-order valence-corrected chi connectivity index (χ0v) is 24.9. The highest BCUT2D eigenvalue weighted by molar-refractivity contribution is 6.01. The fourth-order valence-corrected chi connectivity index (χ4v) is 6.62. The summed E-state index contributed by atoms with van der Waals surface area (Å²) in [4.78, 5) is 45.0. The molecule has 43 heavy (non-hydrogen) atoms. The number of aliphatic hydroxyl groups excluding tert-OH is 1. The van der Waals surface area contributed by atoms with Gasteiger partial charge in [0.05, 0.1) is 26.0 Å². The summed E-state index contributed by atoms with van der Waals surface area (Å²) in [7, 11) is 1.53. The van der Waals surface area contributed by atoms with E-state index in [9.17, 15) is 24.6 Å². The Morgan fingerprint density at radius 1 is 1.14 bits per heavy atom. The van der Waals surface area contributed by atoms with Crippen LogP contribution in [0.2, 0.25) is 0 Å². The summed E-state index contributed by atoms with van der Waals surface area (Å²) in [6.45, 7) is 3.85. The van der Waals surface area contributed by atoms with Crippen LogP contribution in [0.15, 0.2) is 36.4 Å². The predicted octanol–water partition coefficient (Wildman–Crippen LogP) is 2.88. The number of benzene rings is 2. The van der Waals surface area contributed by atoms with Crippen LogP contribution < -0.4 is 19.1 Å². The third-order valence-corrected chi connectivity index (χ3v) is 8.77. The molecule has 3 aliphatic rings. The Bertz CT molecular complexity index is 1330. The molecule has 2 aromatic carbocycles. The number of anilines is 1. The lowest BCUT2D eigenvalue weighted by atomic mass is 9.84. The number of unbranched alkanes of at least 4 members (excludes halogenated alkanes) is 1. The van der Waals surface area contributed by atoms with Crippen LogP contribution in [-0.2, 0) is 20.8 Å². The molecule has 5 rings (SSSR count). The van der Waals surface area contributed by atoms with Gasteiger partial charge in [0.15, 0.2) is 11.5 Å². The minimum absolute atomic E-state index is 0.0112. The van der Waals surface area contributed by atoms with Crippen molar-refractivity contribution in [1.29, 1.82) is 0 Å². The van der Waals surface area contributed by atoms with Crippen molar-refractivity contribution < 1.29 is 38.8 Å². The first-order valence-electron chi connectivity index (χ1n) is 15.1. The molecule has 2 N–H and O–H groups in total. The first-order valence-corrected chi connectivity index (χ1v) is 15.1. The first-order chi connectivity index (χ1) is 20.9. The van der Waals surface area contributed by atoms with Gasteiger partial charge in [-0.3, -0.25) is 19.3 Å². The molecule has 0 aromatic heterocycles. The van der Waals surface area contributed by atoms with Crippen molar-refractivity contribution in [3.8, 4) is 17.2 Å². The van der Waals surface area contributed by atoms with Gasteiger partial charge in [-0.05, 0) is 48.6 Å². The third-order valence-electron chi connectivity index (χ3n) is 8.77. The Morgan fingerprint density at radius 3 is 2.67 bits per heavy atom. The molecular weight excluding hydrogens is 554 g/mol. The second-order valence-corrected chi connectivity index (χ2v) is 11.4. The van der Waals surface area contributed by atoms with E-state index in [1.54, 1.807) is 15.9 Å². The van der Waals surface area contributed by atoms with Gasteiger partial charge in [0.25, 0.3) is 0 Å². The third kappa shape index (κ3) is 6.42. The number of hydrogen-bond acceptors (Lipinski definition) is 8. The molecule has 3 aliphatic heterocycles. The lowest BCUT2D eigenvalue weighted by Gasteiger charge is -2.31. The minimum Gasteiger partial charge on any atom is -0.493 e. The van der Waals surface area contributed by atoms with Gasteiger partial charge >= 0.3 is 5.97 Å². The molecule has 11 nitrogen and oxygen atoms in total. The molecule has 1 saturated heterocycles. The number of nitrogens with zero attached hydrogens (tertiary/aromatic N) is 3. The molecule has 1 fully saturated rings. The number of carbonyl (C=O) groups is 3. The number of carboxylic acids is 1. The summed E-state index contributed by atoms with van der Waals surface area (Å²) in [5, 5.41) is 20.0. The van der Waals surface area contributed by atoms with Crippen molar-refractivity contribution in [2.24, 2.45) is 5.92 Å². The summed E-state index contributed by atoms with van der Waals surface area (Å²) >= 11 is 0. The smallest absolute Gasteiger partial charge is 0.308 e. The average molecular weight is 596 g/mol. The number of fused-ring (bicyclic) bond motifs is 2. The van der Waals surface area contributed by atoms with Crippen molar-refractivity contribution in [1.82, 2.24) is 9.80 Å². The van der Waals surface area contributed by atoms with E-state index in [4.69, 9.17) is 14.2 Å². The second kappa shape index (κ2) is 13.6. The zero-order valence-electron chi connectivity index (χ0n) is 24.9. The molecule has 0 spiro atoms. The van der Waals surface area contributed by atoms with Gasteiger partial charge in [0.1, 0.15) is 0 Å². The quantitative estimate of drug-likeness (QED) is 0.339. The summed E-state index contributed by atoms with van der Waals surface area (Å²) in [6, 6.07) is 10.8. The van der Waals surface area contributed by atoms with Gasteiger partial charge < -0.3 is 34.2 Å². The largest absolute Gasteiger partial charge is 0.493 e. The maximum Gasteiger partial charge on any atom is 0.308 e. The Hall–Kier alpha value is -3.83. The van der Waals surface area contributed by atoms with E-state index in [1.807, 2.05) is 35.2 Å². The van der Waals surface area contributed by atoms with Crippen LogP contribution in [0, 0.1) is 5.92 Å². The topological polar surface area (TPSA) is 129 Å². The predicted molar refractivity (Wildman–Crippen MR) is 159 cm³/mol. The highest BCUT2D eigenvalue weighted by atomic mass is 16.7. The Balaban J connectivity index is 1.45. The van der Waals surface area contributed by atoms with Crippen molar-refractivity contribution in [2.75, 3.05) is 58.1 Å².